The molecule has 1 aliphatic rings. The molecule has 5 atom stereocenters. The van der Waals surface area contributed by atoms with Crippen molar-refractivity contribution in [2.75, 3.05) is 25.6 Å². The monoisotopic (exact) mass is 685 g/mol. The van der Waals surface area contributed by atoms with Gasteiger partial charge >= 0.3 is 29.4 Å². The minimum Gasteiger partial charge on any atom is -0.464 e. The van der Waals surface area contributed by atoms with Crippen LogP contribution in [0.15, 0.2) is 24.4 Å². The molecule has 1 saturated heterocycles. The number of phosphoric acid groups is 3. The van der Waals surface area contributed by atoms with Gasteiger partial charge in [0.1, 0.15) is 12.3 Å². The van der Waals surface area contributed by atoms with Gasteiger partial charge in [0.15, 0.2) is 6.61 Å². The number of nitrogens with zero attached hydrogens (tertiary/aromatic N) is 1. The van der Waals surface area contributed by atoms with Gasteiger partial charge in [-0.3, -0.25) is 14.2 Å². The van der Waals surface area contributed by atoms with Crippen molar-refractivity contribution in [2.24, 2.45) is 0 Å². The number of fused-ring (bicyclic) bond motifs is 1. The highest BCUT2D eigenvalue weighted by Gasteiger charge is 2.43. The van der Waals surface area contributed by atoms with Gasteiger partial charge in [-0.05, 0) is 19.1 Å². The first-order chi connectivity index (χ1) is 20.5. The number of nitrogen functional groups attached to an aromatic ring is 1. The summed E-state index contributed by atoms with van der Waals surface area (Å²) >= 11 is 0. The summed E-state index contributed by atoms with van der Waals surface area (Å²) in [4.78, 5) is 64.1. The number of hydrogen-bond acceptors (Lipinski definition) is 13. The molecule has 2 heterocycles. The van der Waals surface area contributed by atoms with E-state index in [-0.39, 0.29) is 25.9 Å². The Hall–Kier alpha value is -2.65. The van der Waals surface area contributed by atoms with E-state index in [0.29, 0.717) is 22.2 Å². The van der Waals surface area contributed by atoms with Crippen LogP contribution in [0.1, 0.15) is 38.0 Å². The molecular formula is C22H30N3O16P3. The Morgan fingerprint density at radius 2 is 1.89 bits per heavy atom. The van der Waals surface area contributed by atoms with E-state index < -0.39 is 67.0 Å². The van der Waals surface area contributed by atoms with Crippen molar-refractivity contribution in [2.45, 2.75) is 44.6 Å². The summed E-state index contributed by atoms with van der Waals surface area (Å²) < 4.78 is 58.3. The molecule has 0 spiro atoms. The lowest BCUT2D eigenvalue weighted by molar-refractivity contribution is -0.154. The first-order valence-electron chi connectivity index (χ1n) is 12.6. The molecule has 44 heavy (non-hydrogen) atoms. The van der Waals surface area contributed by atoms with E-state index in [1.807, 2.05) is 0 Å². The Morgan fingerprint density at radius 3 is 2.57 bits per heavy atom. The summed E-state index contributed by atoms with van der Waals surface area (Å²) in [6, 6.07) is 5.02. The number of ether oxygens (including phenoxy) is 2. The van der Waals surface area contributed by atoms with Crippen LogP contribution in [0.3, 0.4) is 0 Å². The van der Waals surface area contributed by atoms with Crippen LogP contribution in [0.2, 0.25) is 0 Å². The standard InChI is InChI=1S/C22H30N3O16P3/c1-2-36-21(28)13-37-24-19(27)9-4-3-6-14-11-25(16-8-5-7-15(23)22(14)16)20-10-17(26)18(39-20)12-38-43(32,33)41-44(34,35)40-42(29,30)31/h5,7-8,11,17-18,20,26H,2,4,9-10,12-13,23H2,1H3,(H,24,27)(H,32,33)(H,34,35)(H2,29,30,31). The van der Waals surface area contributed by atoms with E-state index in [9.17, 15) is 38.2 Å². The number of carbonyl (C=O) groups is 2. The third-order valence-electron chi connectivity index (χ3n) is 5.60. The zero-order valence-corrected chi connectivity index (χ0v) is 25.6. The van der Waals surface area contributed by atoms with Gasteiger partial charge < -0.3 is 44.5 Å². The number of aliphatic hydroxyl groups is 1. The normalized spacial score (nSPS) is 21.2. The van der Waals surface area contributed by atoms with E-state index in [4.69, 9.17) is 25.1 Å². The van der Waals surface area contributed by atoms with Crippen LogP contribution in [-0.2, 0) is 50.7 Å². The molecule has 1 aromatic carbocycles. The lowest BCUT2D eigenvalue weighted by Crippen LogP contribution is -2.27. The molecule has 2 aromatic rings. The second-order valence-electron chi connectivity index (χ2n) is 8.93. The minimum atomic E-state index is -5.71. The Kier molecular flexibility index (Phi) is 12.3. The van der Waals surface area contributed by atoms with Gasteiger partial charge in [-0.25, -0.2) is 24.0 Å². The number of phosphoric ester groups is 1. The summed E-state index contributed by atoms with van der Waals surface area (Å²) in [5, 5.41) is 11.0. The predicted molar refractivity (Wildman–Crippen MR) is 148 cm³/mol. The maximum atomic E-state index is 12.0. The third-order valence-corrected chi connectivity index (χ3v) is 9.41. The second-order valence-corrected chi connectivity index (χ2v) is 13.4. The molecule has 0 bridgehead atoms. The lowest BCUT2D eigenvalue weighted by Gasteiger charge is -2.19. The number of carbonyl (C=O) groups excluding carboxylic acids is 2. The quantitative estimate of drug-likeness (QED) is 0.0479. The predicted octanol–water partition coefficient (Wildman–Crippen LogP) is 0.958. The summed E-state index contributed by atoms with van der Waals surface area (Å²) in [6.07, 6.45) is -1.73. The molecule has 244 valence electrons. The van der Waals surface area contributed by atoms with Gasteiger partial charge in [-0.15, -0.1) is 0 Å². The molecule has 3 rings (SSSR count). The number of esters is 1. The first kappa shape index (κ1) is 35.8. The minimum absolute atomic E-state index is 0.0398. The molecule has 0 aliphatic carbocycles. The smallest absolute Gasteiger partial charge is 0.464 e. The number of hydrogen-bond donors (Lipinski definition) is 7. The number of aliphatic hydroxyl groups excluding tert-OH is 1. The zero-order chi connectivity index (χ0) is 32.7. The SMILES string of the molecule is CCOC(=O)CONC(=O)CCC#Cc1cn(C2CC(O)C(COP(=O)(O)OP(=O)(O)OP(=O)(O)O)O2)c2cccc(N)c12. The van der Waals surface area contributed by atoms with E-state index >= 15 is 0 Å². The van der Waals surface area contributed by atoms with Crippen molar-refractivity contribution in [3.8, 4) is 11.8 Å². The number of nitrogens with two attached hydrogens (primary N) is 1. The maximum Gasteiger partial charge on any atom is 0.490 e. The van der Waals surface area contributed by atoms with Crippen molar-refractivity contribution < 1.29 is 75.4 Å². The van der Waals surface area contributed by atoms with Crippen LogP contribution >= 0.6 is 23.5 Å². The highest BCUT2D eigenvalue weighted by molar-refractivity contribution is 7.66. The fraction of sp³-hybridized carbons (Fsp3) is 0.455. The fourth-order valence-electron chi connectivity index (χ4n) is 3.94. The summed E-state index contributed by atoms with van der Waals surface area (Å²) in [6.45, 7) is 0.531. The van der Waals surface area contributed by atoms with E-state index in [1.165, 1.54) is 0 Å². The van der Waals surface area contributed by atoms with Crippen LogP contribution < -0.4 is 11.2 Å². The van der Waals surface area contributed by atoms with Crippen LogP contribution in [0.5, 0.6) is 0 Å². The van der Waals surface area contributed by atoms with Gasteiger partial charge in [0.05, 0.1) is 30.4 Å². The molecule has 0 radical (unpaired) electrons. The highest BCUT2D eigenvalue weighted by atomic mass is 31.3. The second kappa shape index (κ2) is 15.1. The van der Waals surface area contributed by atoms with E-state index in [2.05, 4.69) is 35.2 Å². The van der Waals surface area contributed by atoms with Gasteiger partial charge in [0.2, 0.25) is 5.91 Å². The van der Waals surface area contributed by atoms with Crippen molar-refractivity contribution in [3.05, 3.63) is 30.0 Å². The maximum absolute atomic E-state index is 12.0. The molecular weight excluding hydrogens is 655 g/mol. The average molecular weight is 685 g/mol. The zero-order valence-electron chi connectivity index (χ0n) is 22.9. The van der Waals surface area contributed by atoms with Crippen LogP contribution in [-0.4, -0.2) is 73.2 Å². The first-order valence-corrected chi connectivity index (χ1v) is 17.1. The summed E-state index contributed by atoms with van der Waals surface area (Å²) in [5.74, 6) is 4.64. The largest absolute Gasteiger partial charge is 0.490 e. The molecule has 1 fully saturated rings. The van der Waals surface area contributed by atoms with Gasteiger partial charge in [0, 0.05) is 36.5 Å². The van der Waals surface area contributed by atoms with Gasteiger partial charge in [0.25, 0.3) is 0 Å². The third kappa shape index (κ3) is 10.8. The molecule has 22 heteroatoms. The number of rotatable bonds is 14. The Bertz CT molecular complexity index is 1560. The van der Waals surface area contributed by atoms with Crippen molar-refractivity contribution in [1.29, 1.82) is 0 Å². The molecule has 1 aliphatic heterocycles. The average Bonchev–Trinajstić information content (AvgIpc) is 3.44. The van der Waals surface area contributed by atoms with E-state index in [0.717, 1.165) is 0 Å². The van der Waals surface area contributed by atoms with Crippen LogP contribution in [0.25, 0.3) is 10.9 Å². The van der Waals surface area contributed by atoms with Crippen molar-refractivity contribution in [3.63, 3.8) is 0 Å². The fourth-order valence-corrected chi connectivity index (χ4v) is 6.97. The number of anilines is 1. The van der Waals surface area contributed by atoms with Gasteiger partial charge in [-0.1, -0.05) is 17.9 Å². The van der Waals surface area contributed by atoms with Crippen molar-refractivity contribution in [1.82, 2.24) is 10.0 Å². The summed E-state index contributed by atoms with van der Waals surface area (Å²) in [7, 11) is -16.7. The number of hydroxylamine groups is 1. The number of benzene rings is 1. The number of amides is 1. The highest BCUT2D eigenvalue weighted by Crippen LogP contribution is 2.66. The Balaban J connectivity index is 1.65. The van der Waals surface area contributed by atoms with E-state index in [1.54, 1.807) is 35.9 Å². The molecule has 19 nitrogen and oxygen atoms in total. The Labute approximate surface area is 249 Å². The topological polar surface area (TPSA) is 285 Å². The van der Waals surface area contributed by atoms with Crippen LogP contribution in [0, 0.1) is 11.8 Å². The summed E-state index contributed by atoms with van der Waals surface area (Å²) in [5.41, 5.74) is 9.69. The number of nitrogens with one attached hydrogen (secondary N) is 1. The molecule has 1 amide bonds. The Morgan fingerprint density at radius 1 is 1.16 bits per heavy atom. The molecule has 0 saturated carbocycles. The van der Waals surface area contributed by atoms with Crippen LogP contribution in [0.4, 0.5) is 5.69 Å². The lowest BCUT2D eigenvalue weighted by atomic mass is 10.1. The number of aromatic nitrogens is 1. The van der Waals surface area contributed by atoms with Gasteiger partial charge in [-0.2, -0.15) is 8.62 Å². The molecule has 1 aromatic heterocycles. The molecule has 5 unspecified atom stereocenters. The van der Waals surface area contributed by atoms with Crippen molar-refractivity contribution >= 4 is 51.9 Å². The molecule has 8 N–H and O–H groups in total.